The molecule has 1 fully saturated rings. The molecule has 1 aliphatic heterocycles. The number of rotatable bonds is 3. The van der Waals surface area contributed by atoms with Gasteiger partial charge in [0.05, 0.1) is 20.3 Å². The fourth-order valence-electron chi connectivity index (χ4n) is 1.61. The summed E-state index contributed by atoms with van der Waals surface area (Å²) < 4.78 is 15.9. The Morgan fingerprint density at radius 2 is 2.00 bits per heavy atom. The maximum Gasteiger partial charge on any atom is 0.151 e. The van der Waals surface area contributed by atoms with Crippen LogP contribution < -0.4 is 4.74 Å². The minimum absolute atomic E-state index is 0.0953. The van der Waals surface area contributed by atoms with E-state index in [-0.39, 0.29) is 6.10 Å². The SMILES string of the molecule is COc1ccc([C@@H]2CO[C@@H](C=O)CO2)cc1. The molecule has 0 spiro atoms. The smallest absolute Gasteiger partial charge is 0.151 e. The molecule has 4 nitrogen and oxygen atoms in total. The summed E-state index contributed by atoms with van der Waals surface area (Å²) in [6.45, 7) is 0.732. The first kappa shape index (κ1) is 11.1. The topological polar surface area (TPSA) is 44.8 Å². The van der Waals surface area contributed by atoms with Gasteiger partial charge in [-0.05, 0) is 17.7 Å². The van der Waals surface area contributed by atoms with Crippen LogP contribution in [-0.4, -0.2) is 32.7 Å². The molecular weight excluding hydrogens is 208 g/mol. The largest absolute Gasteiger partial charge is 0.497 e. The summed E-state index contributed by atoms with van der Waals surface area (Å²) in [5.41, 5.74) is 1.03. The summed E-state index contributed by atoms with van der Waals surface area (Å²) in [6, 6.07) is 7.64. The molecule has 0 aromatic heterocycles. The number of aldehydes is 1. The fraction of sp³-hybridized carbons (Fsp3) is 0.417. The highest BCUT2D eigenvalue weighted by molar-refractivity contribution is 5.56. The van der Waals surface area contributed by atoms with Gasteiger partial charge in [0, 0.05) is 0 Å². The molecule has 2 rings (SSSR count). The Hall–Kier alpha value is -1.39. The van der Waals surface area contributed by atoms with Crippen LogP contribution >= 0.6 is 0 Å². The maximum absolute atomic E-state index is 10.5. The highest BCUT2D eigenvalue weighted by Crippen LogP contribution is 2.24. The maximum atomic E-state index is 10.5. The highest BCUT2D eigenvalue weighted by atomic mass is 16.6. The van der Waals surface area contributed by atoms with Crippen molar-refractivity contribution < 1.29 is 19.0 Å². The standard InChI is InChI=1S/C12H14O4/c1-14-10-4-2-9(3-5-10)12-8-15-11(6-13)7-16-12/h2-6,11-12H,7-8H2,1H3/t11-,12-/m0/s1. The number of hydrogen-bond donors (Lipinski definition) is 0. The minimum Gasteiger partial charge on any atom is -0.497 e. The third kappa shape index (κ3) is 2.40. The zero-order valence-electron chi connectivity index (χ0n) is 9.09. The van der Waals surface area contributed by atoms with E-state index in [4.69, 9.17) is 14.2 Å². The molecule has 4 heteroatoms. The molecule has 1 aromatic rings. The summed E-state index contributed by atoms with van der Waals surface area (Å²) in [5.74, 6) is 0.811. The van der Waals surface area contributed by atoms with Gasteiger partial charge in [0.2, 0.25) is 0 Å². The van der Waals surface area contributed by atoms with Crippen molar-refractivity contribution in [2.45, 2.75) is 12.2 Å². The number of ether oxygens (including phenoxy) is 3. The molecule has 86 valence electrons. The number of hydrogen-bond acceptors (Lipinski definition) is 4. The van der Waals surface area contributed by atoms with Crippen LogP contribution in [0.5, 0.6) is 5.75 Å². The third-order valence-corrected chi connectivity index (χ3v) is 2.56. The molecule has 0 unspecified atom stereocenters. The van der Waals surface area contributed by atoms with Gasteiger partial charge in [-0.25, -0.2) is 0 Å². The second-order valence-electron chi connectivity index (χ2n) is 3.60. The molecule has 1 aromatic carbocycles. The number of methoxy groups -OCH3 is 1. The Kier molecular flexibility index (Phi) is 3.54. The van der Waals surface area contributed by atoms with Crippen molar-refractivity contribution in [2.24, 2.45) is 0 Å². The van der Waals surface area contributed by atoms with Crippen molar-refractivity contribution in [3.63, 3.8) is 0 Å². The van der Waals surface area contributed by atoms with Crippen LogP contribution in [0.15, 0.2) is 24.3 Å². The minimum atomic E-state index is -0.422. The average Bonchev–Trinajstić information content (AvgIpc) is 2.39. The summed E-state index contributed by atoms with van der Waals surface area (Å²) in [6.07, 6.45) is 0.251. The van der Waals surface area contributed by atoms with Crippen molar-refractivity contribution >= 4 is 6.29 Å². The average molecular weight is 222 g/mol. The molecule has 0 bridgehead atoms. The van der Waals surface area contributed by atoms with Gasteiger partial charge in [0.1, 0.15) is 18.0 Å². The number of carbonyl (C=O) groups is 1. The molecule has 2 atom stereocenters. The molecule has 1 saturated heterocycles. The van der Waals surface area contributed by atoms with E-state index in [1.54, 1.807) is 7.11 Å². The molecule has 0 aliphatic carbocycles. The van der Waals surface area contributed by atoms with E-state index in [1.165, 1.54) is 0 Å². The first-order valence-electron chi connectivity index (χ1n) is 5.16. The molecule has 16 heavy (non-hydrogen) atoms. The predicted octanol–water partition coefficient (Wildman–Crippen LogP) is 1.35. The van der Waals surface area contributed by atoms with Crippen LogP contribution in [0.2, 0.25) is 0 Å². The zero-order valence-corrected chi connectivity index (χ0v) is 9.09. The van der Waals surface area contributed by atoms with Crippen molar-refractivity contribution in [1.29, 1.82) is 0 Å². The summed E-state index contributed by atoms with van der Waals surface area (Å²) in [4.78, 5) is 10.5. The lowest BCUT2D eigenvalue weighted by Crippen LogP contribution is -2.31. The van der Waals surface area contributed by atoms with Crippen LogP contribution in [0.25, 0.3) is 0 Å². The Balaban J connectivity index is 1.99. The fourth-order valence-corrected chi connectivity index (χ4v) is 1.61. The second kappa shape index (κ2) is 5.09. The predicted molar refractivity (Wildman–Crippen MR) is 57.5 cm³/mol. The quantitative estimate of drug-likeness (QED) is 0.724. The normalized spacial score (nSPS) is 25.1. The molecular formula is C12H14O4. The van der Waals surface area contributed by atoms with Gasteiger partial charge in [-0.2, -0.15) is 0 Å². The first-order chi connectivity index (χ1) is 7.83. The summed E-state index contributed by atoms with van der Waals surface area (Å²) in [7, 11) is 1.63. The van der Waals surface area contributed by atoms with E-state index < -0.39 is 6.10 Å². The van der Waals surface area contributed by atoms with Crippen LogP contribution in [-0.2, 0) is 14.3 Å². The Morgan fingerprint density at radius 3 is 2.50 bits per heavy atom. The highest BCUT2D eigenvalue weighted by Gasteiger charge is 2.22. The van der Waals surface area contributed by atoms with Gasteiger partial charge in [-0.3, -0.25) is 0 Å². The second-order valence-corrected chi connectivity index (χ2v) is 3.60. The van der Waals surface area contributed by atoms with E-state index >= 15 is 0 Å². The van der Waals surface area contributed by atoms with Crippen molar-refractivity contribution in [2.75, 3.05) is 20.3 Å². The number of carbonyl (C=O) groups excluding carboxylic acids is 1. The monoisotopic (exact) mass is 222 g/mol. The van der Waals surface area contributed by atoms with Gasteiger partial charge in [-0.1, -0.05) is 12.1 Å². The summed E-state index contributed by atoms with van der Waals surface area (Å²) in [5, 5.41) is 0. The number of benzene rings is 1. The molecule has 0 saturated carbocycles. The van der Waals surface area contributed by atoms with Crippen molar-refractivity contribution in [3.05, 3.63) is 29.8 Å². The van der Waals surface area contributed by atoms with Gasteiger partial charge in [0.25, 0.3) is 0 Å². The lowest BCUT2D eigenvalue weighted by atomic mass is 10.1. The van der Waals surface area contributed by atoms with Gasteiger partial charge in [0.15, 0.2) is 6.29 Å². The third-order valence-electron chi connectivity index (χ3n) is 2.56. The van der Waals surface area contributed by atoms with Crippen molar-refractivity contribution in [3.8, 4) is 5.75 Å². The Bertz CT molecular complexity index is 339. The van der Waals surface area contributed by atoms with Gasteiger partial charge < -0.3 is 19.0 Å². The Labute approximate surface area is 94.1 Å². The molecule has 0 N–H and O–H groups in total. The molecule has 1 heterocycles. The van der Waals surface area contributed by atoms with E-state index in [0.29, 0.717) is 13.2 Å². The van der Waals surface area contributed by atoms with Crippen molar-refractivity contribution in [1.82, 2.24) is 0 Å². The first-order valence-corrected chi connectivity index (χ1v) is 5.16. The molecule has 0 amide bonds. The van der Waals surface area contributed by atoms with E-state index in [0.717, 1.165) is 17.6 Å². The summed E-state index contributed by atoms with van der Waals surface area (Å²) >= 11 is 0. The van der Waals surface area contributed by atoms with Crippen LogP contribution in [0.3, 0.4) is 0 Å². The van der Waals surface area contributed by atoms with Crippen LogP contribution in [0, 0.1) is 0 Å². The van der Waals surface area contributed by atoms with Gasteiger partial charge >= 0.3 is 0 Å². The van der Waals surface area contributed by atoms with Crippen LogP contribution in [0.1, 0.15) is 11.7 Å². The van der Waals surface area contributed by atoms with E-state index in [2.05, 4.69) is 0 Å². The molecule has 1 aliphatic rings. The lowest BCUT2D eigenvalue weighted by molar-refractivity contribution is -0.149. The zero-order chi connectivity index (χ0) is 11.4. The van der Waals surface area contributed by atoms with E-state index in [9.17, 15) is 4.79 Å². The molecule has 0 radical (unpaired) electrons. The van der Waals surface area contributed by atoms with Gasteiger partial charge in [-0.15, -0.1) is 0 Å². The Morgan fingerprint density at radius 1 is 1.25 bits per heavy atom. The van der Waals surface area contributed by atoms with Crippen LogP contribution in [0.4, 0.5) is 0 Å². The lowest BCUT2D eigenvalue weighted by Gasteiger charge is -2.26. The van der Waals surface area contributed by atoms with E-state index in [1.807, 2.05) is 24.3 Å².